The summed E-state index contributed by atoms with van der Waals surface area (Å²) in [7, 11) is 1.57. The topological polar surface area (TPSA) is 21.8 Å². The average molecular weight is 148 g/mol. The Labute approximate surface area is 60.3 Å². The highest BCUT2D eigenvalue weighted by Gasteiger charge is 2.55. The van der Waals surface area contributed by atoms with Crippen LogP contribution in [-0.4, -0.2) is 31.6 Å². The first kappa shape index (κ1) is 7.95. The molecule has 0 saturated carbocycles. The summed E-state index contributed by atoms with van der Waals surface area (Å²) in [5.74, 6) is 0. The maximum atomic E-state index is 12.8. The van der Waals surface area contributed by atoms with Crippen molar-refractivity contribution in [2.45, 2.75) is 31.7 Å². The van der Waals surface area contributed by atoms with Crippen LogP contribution in [0.2, 0.25) is 0 Å². The third-order valence-corrected chi connectivity index (χ3v) is 2.19. The summed E-state index contributed by atoms with van der Waals surface area (Å²) >= 11 is 0. The molecule has 1 rings (SSSR count). The van der Waals surface area contributed by atoms with Crippen LogP contribution < -0.4 is 0 Å². The van der Waals surface area contributed by atoms with Crippen LogP contribution in [0, 0.1) is 0 Å². The van der Waals surface area contributed by atoms with Gasteiger partial charge in [-0.1, -0.05) is 0 Å². The van der Waals surface area contributed by atoms with Gasteiger partial charge < -0.3 is 9.47 Å². The molecule has 0 amide bonds. The molecule has 0 aromatic carbocycles. The van der Waals surface area contributed by atoms with Gasteiger partial charge in [0.15, 0.2) is 0 Å². The van der Waals surface area contributed by atoms with E-state index in [1.54, 1.807) is 7.11 Å². The van der Waals surface area contributed by atoms with E-state index < -0.39 is 11.8 Å². The van der Waals surface area contributed by atoms with Crippen LogP contribution in [0.25, 0.3) is 0 Å². The Morgan fingerprint density at radius 2 is 2.10 bits per heavy atom. The summed E-state index contributed by atoms with van der Waals surface area (Å²) in [4.78, 5) is 0. The highest BCUT2D eigenvalue weighted by Crippen LogP contribution is 2.37. The molecule has 0 radical (unpaired) electrons. The van der Waals surface area contributed by atoms with Gasteiger partial charge in [-0.25, -0.2) is 4.39 Å². The van der Waals surface area contributed by atoms with Crippen LogP contribution in [0.1, 0.15) is 13.8 Å². The van der Waals surface area contributed by atoms with E-state index in [1.165, 1.54) is 6.92 Å². The maximum absolute atomic E-state index is 12.8. The number of epoxide rings is 1. The minimum Gasteiger partial charge on any atom is -0.379 e. The summed E-state index contributed by atoms with van der Waals surface area (Å²) < 4.78 is 22.8. The van der Waals surface area contributed by atoms with Crippen molar-refractivity contribution in [3.05, 3.63) is 0 Å². The Morgan fingerprint density at radius 1 is 1.60 bits per heavy atom. The van der Waals surface area contributed by atoms with Gasteiger partial charge in [-0.3, -0.25) is 0 Å². The fraction of sp³-hybridized carbons (Fsp3) is 1.00. The molecule has 2 nitrogen and oxygen atoms in total. The molecule has 0 bridgehead atoms. The molecular formula is C7H13FO2. The fourth-order valence-corrected chi connectivity index (χ4v) is 1.07. The largest absolute Gasteiger partial charge is 0.379 e. The Hall–Kier alpha value is -0.150. The highest BCUT2D eigenvalue weighted by molar-refractivity contribution is 5.02. The maximum Gasteiger partial charge on any atom is 0.148 e. The molecule has 1 aliphatic heterocycles. The zero-order valence-corrected chi connectivity index (χ0v) is 6.56. The summed E-state index contributed by atoms with van der Waals surface area (Å²) in [6.45, 7) is 3.81. The molecule has 0 aliphatic carbocycles. The first-order valence-electron chi connectivity index (χ1n) is 3.44. The predicted octanol–water partition coefficient (Wildman–Crippen LogP) is 1.15. The van der Waals surface area contributed by atoms with Crippen LogP contribution in [-0.2, 0) is 9.47 Å². The highest BCUT2D eigenvalue weighted by atomic mass is 19.1. The van der Waals surface area contributed by atoms with E-state index in [0.717, 1.165) is 0 Å². The SMILES string of the molecule is COC(C)C1(C(C)F)CO1. The molecule has 0 aromatic rings. The van der Waals surface area contributed by atoms with Crippen LogP contribution >= 0.6 is 0 Å². The zero-order chi connectivity index (χ0) is 7.78. The molecule has 0 spiro atoms. The second-order valence-electron chi connectivity index (χ2n) is 2.74. The average Bonchev–Trinajstić information content (AvgIpc) is 2.65. The number of methoxy groups -OCH3 is 1. The minimum absolute atomic E-state index is 0.146. The summed E-state index contributed by atoms with van der Waals surface area (Å²) in [6, 6.07) is 0. The lowest BCUT2D eigenvalue weighted by atomic mass is 10.0. The van der Waals surface area contributed by atoms with Crippen molar-refractivity contribution in [3.63, 3.8) is 0 Å². The van der Waals surface area contributed by atoms with Crippen LogP contribution in [0.15, 0.2) is 0 Å². The number of ether oxygens (including phenoxy) is 2. The molecule has 1 fully saturated rings. The molecule has 0 aromatic heterocycles. The summed E-state index contributed by atoms with van der Waals surface area (Å²) in [5.41, 5.74) is -0.630. The first-order valence-corrected chi connectivity index (χ1v) is 3.44. The standard InChI is InChI=1S/C7H13FO2/c1-5(8)7(4-10-7)6(2)9-3/h5-6H,4H2,1-3H3. The van der Waals surface area contributed by atoms with E-state index >= 15 is 0 Å². The second-order valence-corrected chi connectivity index (χ2v) is 2.74. The smallest absolute Gasteiger partial charge is 0.148 e. The van der Waals surface area contributed by atoms with Crippen molar-refractivity contribution in [2.24, 2.45) is 0 Å². The normalized spacial score (nSPS) is 37.2. The third-order valence-electron chi connectivity index (χ3n) is 2.19. The number of rotatable bonds is 3. The Bertz CT molecular complexity index is 121. The van der Waals surface area contributed by atoms with E-state index in [0.29, 0.717) is 6.61 Å². The van der Waals surface area contributed by atoms with Crippen molar-refractivity contribution in [3.8, 4) is 0 Å². The molecule has 3 heteroatoms. The summed E-state index contributed by atoms with van der Waals surface area (Å²) in [6.07, 6.45) is -1.09. The van der Waals surface area contributed by atoms with Crippen LogP contribution in [0.5, 0.6) is 0 Å². The van der Waals surface area contributed by atoms with E-state index in [2.05, 4.69) is 0 Å². The van der Waals surface area contributed by atoms with E-state index in [-0.39, 0.29) is 6.10 Å². The fourth-order valence-electron chi connectivity index (χ4n) is 1.07. The van der Waals surface area contributed by atoms with Gasteiger partial charge in [0, 0.05) is 7.11 Å². The number of alkyl halides is 1. The van der Waals surface area contributed by atoms with E-state index in [4.69, 9.17) is 9.47 Å². The molecule has 0 N–H and O–H groups in total. The molecule has 3 atom stereocenters. The monoisotopic (exact) mass is 148 g/mol. The predicted molar refractivity (Wildman–Crippen MR) is 35.7 cm³/mol. The molecule has 10 heavy (non-hydrogen) atoms. The van der Waals surface area contributed by atoms with Crippen molar-refractivity contribution < 1.29 is 13.9 Å². The lowest BCUT2D eigenvalue weighted by Crippen LogP contribution is -2.36. The molecule has 1 heterocycles. The number of hydrogen-bond acceptors (Lipinski definition) is 2. The molecule has 3 unspecified atom stereocenters. The Balaban J connectivity index is 2.51. The third kappa shape index (κ3) is 1.04. The van der Waals surface area contributed by atoms with Gasteiger partial charge in [0.2, 0.25) is 0 Å². The van der Waals surface area contributed by atoms with Crippen LogP contribution in [0.4, 0.5) is 4.39 Å². The van der Waals surface area contributed by atoms with E-state index in [9.17, 15) is 4.39 Å². The van der Waals surface area contributed by atoms with Crippen molar-refractivity contribution >= 4 is 0 Å². The lowest BCUT2D eigenvalue weighted by Gasteiger charge is -2.19. The molecular weight excluding hydrogens is 135 g/mol. The Kier molecular flexibility index (Phi) is 1.97. The quantitative estimate of drug-likeness (QED) is 0.560. The summed E-state index contributed by atoms with van der Waals surface area (Å²) in [5, 5.41) is 0. The van der Waals surface area contributed by atoms with Gasteiger partial charge in [-0.2, -0.15) is 0 Å². The molecule has 1 saturated heterocycles. The van der Waals surface area contributed by atoms with Crippen molar-refractivity contribution in [1.82, 2.24) is 0 Å². The lowest BCUT2D eigenvalue weighted by molar-refractivity contribution is 0.00832. The van der Waals surface area contributed by atoms with Gasteiger partial charge in [0.05, 0.1) is 12.7 Å². The number of hydrogen-bond donors (Lipinski definition) is 0. The van der Waals surface area contributed by atoms with Gasteiger partial charge in [-0.05, 0) is 13.8 Å². The minimum atomic E-state index is -0.942. The Morgan fingerprint density at radius 3 is 2.20 bits per heavy atom. The van der Waals surface area contributed by atoms with Crippen LogP contribution in [0.3, 0.4) is 0 Å². The zero-order valence-electron chi connectivity index (χ0n) is 6.56. The van der Waals surface area contributed by atoms with Gasteiger partial charge in [0.1, 0.15) is 11.8 Å². The second kappa shape index (κ2) is 2.47. The number of halogens is 1. The van der Waals surface area contributed by atoms with Gasteiger partial charge in [0.25, 0.3) is 0 Å². The van der Waals surface area contributed by atoms with Gasteiger partial charge >= 0.3 is 0 Å². The van der Waals surface area contributed by atoms with E-state index in [1.807, 2.05) is 6.92 Å². The van der Waals surface area contributed by atoms with Crippen molar-refractivity contribution in [2.75, 3.05) is 13.7 Å². The molecule has 60 valence electrons. The van der Waals surface area contributed by atoms with Gasteiger partial charge in [-0.15, -0.1) is 0 Å². The van der Waals surface area contributed by atoms with Crippen molar-refractivity contribution in [1.29, 1.82) is 0 Å². The first-order chi connectivity index (χ1) is 4.63. The molecule has 1 aliphatic rings.